The van der Waals surface area contributed by atoms with Crippen molar-refractivity contribution in [2.45, 2.75) is 25.4 Å². The summed E-state index contributed by atoms with van der Waals surface area (Å²) >= 11 is 0. The van der Waals surface area contributed by atoms with Crippen LogP contribution in [-0.4, -0.2) is 48.7 Å². The van der Waals surface area contributed by atoms with Gasteiger partial charge in [0.2, 0.25) is 11.8 Å². The smallest absolute Gasteiger partial charge is 0.239 e. The Morgan fingerprint density at radius 3 is 2.93 bits per heavy atom. The second-order valence-electron chi connectivity index (χ2n) is 3.53. The molecule has 15 heavy (non-hydrogen) atoms. The monoisotopic (exact) mass is 215 g/mol. The average molecular weight is 215 g/mol. The lowest BCUT2D eigenvalue weighted by atomic mass is 10.2. The minimum atomic E-state index is -0.400. The molecule has 2 amide bonds. The van der Waals surface area contributed by atoms with Crippen molar-refractivity contribution in [1.82, 2.24) is 16.0 Å². The van der Waals surface area contributed by atoms with Gasteiger partial charge >= 0.3 is 0 Å². The molecule has 1 heterocycles. The van der Waals surface area contributed by atoms with Crippen molar-refractivity contribution >= 4 is 11.8 Å². The molecule has 0 saturated carbocycles. The number of amides is 2. The van der Waals surface area contributed by atoms with Gasteiger partial charge in [-0.2, -0.15) is 0 Å². The van der Waals surface area contributed by atoms with Crippen LogP contribution in [0.1, 0.15) is 13.3 Å². The Bertz CT molecular complexity index is 231. The fraction of sp³-hybridized carbons (Fsp3) is 0.778. The maximum absolute atomic E-state index is 11.6. The fourth-order valence-corrected chi connectivity index (χ4v) is 1.33. The zero-order valence-corrected chi connectivity index (χ0v) is 8.75. The molecule has 1 aliphatic rings. The molecule has 6 heteroatoms. The van der Waals surface area contributed by atoms with E-state index in [0.717, 1.165) is 0 Å². The molecule has 4 N–H and O–H groups in total. The van der Waals surface area contributed by atoms with E-state index in [9.17, 15) is 9.59 Å². The predicted molar refractivity (Wildman–Crippen MR) is 54.1 cm³/mol. The van der Waals surface area contributed by atoms with Gasteiger partial charge in [-0.1, -0.05) is 6.92 Å². The lowest BCUT2D eigenvalue weighted by molar-refractivity contribution is -0.127. The first-order valence-electron chi connectivity index (χ1n) is 5.08. The van der Waals surface area contributed by atoms with Gasteiger partial charge in [-0.25, -0.2) is 0 Å². The molecule has 1 rings (SSSR count). The van der Waals surface area contributed by atoms with Crippen LogP contribution in [0.3, 0.4) is 0 Å². The second-order valence-corrected chi connectivity index (χ2v) is 3.53. The molecule has 1 unspecified atom stereocenters. The summed E-state index contributed by atoms with van der Waals surface area (Å²) in [7, 11) is 0. The first kappa shape index (κ1) is 11.9. The molecule has 0 bridgehead atoms. The zero-order valence-electron chi connectivity index (χ0n) is 8.75. The quantitative estimate of drug-likeness (QED) is 0.435. The molecule has 1 saturated heterocycles. The van der Waals surface area contributed by atoms with E-state index in [2.05, 4.69) is 16.0 Å². The van der Waals surface area contributed by atoms with Crippen molar-refractivity contribution in [1.29, 1.82) is 0 Å². The summed E-state index contributed by atoms with van der Waals surface area (Å²) in [6.45, 7) is 2.28. The van der Waals surface area contributed by atoms with Crippen LogP contribution >= 0.6 is 0 Å². The summed E-state index contributed by atoms with van der Waals surface area (Å²) in [5, 5.41) is 17.0. The minimum Gasteiger partial charge on any atom is -0.394 e. The third kappa shape index (κ3) is 3.49. The van der Waals surface area contributed by atoms with E-state index < -0.39 is 6.04 Å². The van der Waals surface area contributed by atoms with E-state index in [1.54, 1.807) is 0 Å². The highest BCUT2D eigenvalue weighted by atomic mass is 16.3. The lowest BCUT2D eigenvalue weighted by Crippen LogP contribution is -2.59. The number of aliphatic hydroxyl groups is 1. The molecular formula is C9H17N3O3. The van der Waals surface area contributed by atoms with Gasteiger partial charge in [-0.05, 0) is 6.42 Å². The van der Waals surface area contributed by atoms with Gasteiger partial charge in [0.15, 0.2) is 0 Å². The van der Waals surface area contributed by atoms with Gasteiger partial charge in [0.1, 0.15) is 6.04 Å². The number of piperazine rings is 1. The van der Waals surface area contributed by atoms with Gasteiger partial charge in [-0.3, -0.25) is 14.9 Å². The van der Waals surface area contributed by atoms with Crippen LogP contribution in [0.2, 0.25) is 0 Å². The number of carbonyl (C=O) groups is 2. The Hall–Kier alpha value is -1.14. The van der Waals surface area contributed by atoms with Crippen molar-refractivity contribution in [3.05, 3.63) is 0 Å². The van der Waals surface area contributed by atoms with E-state index in [1.165, 1.54) is 0 Å². The minimum absolute atomic E-state index is 0.0681. The van der Waals surface area contributed by atoms with E-state index in [0.29, 0.717) is 13.0 Å². The van der Waals surface area contributed by atoms with E-state index in [4.69, 9.17) is 5.11 Å². The highest BCUT2D eigenvalue weighted by molar-refractivity contribution is 5.86. The average Bonchev–Trinajstić information content (AvgIpc) is 2.26. The molecule has 0 aromatic rings. The fourth-order valence-electron chi connectivity index (χ4n) is 1.33. The van der Waals surface area contributed by atoms with Crippen molar-refractivity contribution in [3.63, 3.8) is 0 Å². The maximum atomic E-state index is 11.6. The third-order valence-corrected chi connectivity index (χ3v) is 2.39. The molecular weight excluding hydrogens is 198 g/mol. The highest BCUT2D eigenvalue weighted by Gasteiger charge is 2.24. The second kappa shape index (κ2) is 5.67. The molecule has 0 aromatic carbocycles. The van der Waals surface area contributed by atoms with Crippen molar-refractivity contribution in [2.24, 2.45) is 0 Å². The molecule has 1 fully saturated rings. The summed E-state index contributed by atoms with van der Waals surface area (Å²) in [5.41, 5.74) is 0. The van der Waals surface area contributed by atoms with Crippen LogP contribution in [0.5, 0.6) is 0 Å². The Morgan fingerprint density at radius 2 is 2.47 bits per heavy atom. The van der Waals surface area contributed by atoms with Gasteiger partial charge < -0.3 is 15.7 Å². The van der Waals surface area contributed by atoms with Crippen LogP contribution in [0, 0.1) is 0 Å². The highest BCUT2D eigenvalue weighted by Crippen LogP contribution is 1.93. The van der Waals surface area contributed by atoms with E-state index in [-0.39, 0.29) is 31.0 Å². The number of aliphatic hydroxyl groups excluding tert-OH is 1. The Morgan fingerprint density at radius 1 is 1.73 bits per heavy atom. The number of hydrogen-bond acceptors (Lipinski definition) is 4. The van der Waals surface area contributed by atoms with Crippen LogP contribution in [0.4, 0.5) is 0 Å². The van der Waals surface area contributed by atoms with Crippen LogP contribution < -0.4 is 16.0 Å². The summed E-state index contributed by atoms with van der Waals surface area (Å²) < 4.78 is 0. The lowest BCUT2D eigenvalue weighted by Gasteiger charge is -2.25. The normalized spacial score (nSPS) is 23.1. The molecule has 2 atom stereocenters. The standard InChI is InChI=1S/C9H17N3O3/c1-2-6(5-13)12-9(15)7-3-11-8(14)4-10-7/h6-7,10,13H,2-5H2,1H3,(H,11,14)(H,12,15)/t6-,7?/m1/s1. The first-order chi connectivity index (χ1) is 7.17. The summed E-state index contributed by atoms with van der Waals surface area (Å²) in [4.78, 5) is 22.4. The number of hydrogen-bond donors (Lipinski definition) is 4. The number of rotatable bonds is 4. The zero-order chi connectivity index (χ0) is 11.3. The van der Waals surface area contributed by atoms with E-state index >= 15 is 0 Å². The number of nitrogens with one attached hydrogen (secondary N) is 3. The van der Waals surface area contributed by atoms with Crippen LogP contribution in [0.15, 0.2) is 0 Å². The number of carbonyl (C=O) groups excluding carboxylic acids is 2. The van der Waals surface area contributed by atoms with E-state index in [1.807, 2.05) is 6.92 Å². The van der Waals surface area contributed by atoms with Crippen molar-refractivity contribution < 1.29 is 14.7 Å². The molecule has 0 aromatic heterocycles. The Kier molecular flexibility index (Phi) is 4.51. The Labute approximate surface area is 88.4 Å². The van der Waals surface area contributed by atoms with Gasteiger partial charge in [-0.15, -0.1) is 0 Å². The van der Waals surface area contributed by atoms with Gasteiger partial charge in [0, 0.05) is 6.54 Å². The molecule has 0 radical (unpaired) electrons. The molecule has 86 valence electrons. The molecule has 0 aliphatic carbocycles. The van der Waals surface area contributed by atoms with Gasteiger partial charge in [0.05, 0.1) is 19.2 Å². The maximum Gasteiger partial charge on any atom is 0.239 e. The van der Waals surface area contributed by atoms with Crippen LogP contribution in [0.25, 0.3) is 0 Å². The Balaban J connectivity index is 2.36. The first-order valence-corrected chi connectivity index (χ1v) is 5.08. The summed E-state index contributed by atoms with van der Waals surface area (Å²) in [5.74, 6) is -0.288. The van der Waals surface area contributed by atoms with Gasteiger partial charge in [0.25, 0.3) is 0 Å². The topological polar surface area (TPSA) is 90.5 Å². The predicted octanol–water partition coefficient (Wildman–Crippen LogP) is -2.04. The third-order valence-electron chi connectivity index (χ3n) is 2.39. The SMILES string of the molecule is CC[C@H](CO)NC(=O)C1CNC(=O)CN1. The molecule has 0 spiro atoms. The summed E-state index contributed by atoms with van der Waals surface area (Å²) in [6.07, 6.45) is 0.682. The molecule has 6 nitrogen and oxygen atoms in total. The van der Waals surface area contributed by atoms with Crippen molar-refractivity contribution in [2.75, 3.05) is 19.7 Å². The van der Waals surface area contributed by atoms with Crippen LogP contribution in [-0.2, 0) is 9.59 Å². The summed E-state index contributed by atoms with van der Waals surface area (Å²) in [6, 6.07) is -0.611. The van der Waals surface area contributed by atoms with Crippen molar-refractivity contribution in [3.8, 4) is 0 Å². The largest absolute Gasteiger partial charge is 0.394 e. The molecule has 1 aliphatic heterocycles.